The smallest absolute Gasteiger partial charge is 0.256 e. The Hall–Kier alpha value is -1.59. The average Bonchev–Trinajstić information content (AvgIpc) is 2.68. The maximum atomic E-state index is 12.7. The summed E-state index contributed by atoms with van der Waals surface area (Å²) in [6.45, 7) is 12.6. The molecule has 0 bridgehead atoms. The molecule has 29 heavy (non-hydrogen) atoms. The highest BCUT2D eigenvalue weighted by Gasteiger charge is 2.32. The van der Waals surface area contributed by atoms with Gasteiger partial charge in [0.05, 0.1) is 0 Å². The molecule has 5 heteroatoms. The van der Waals surface area contributed by atoms with Crippen LogP contribution in [-0.4, -0.2) is 49.8 Å². The molecule has 1 aliphatic rings. The van der Waals surface area contributed by atoms with Crippen LogP contribution in [0.1, 0.15) is 59.8 Å². The van der Waals surface area contributed by atoms with E-state index in [4.69, 9.17) is 9.47 Å². The number of ether oxygens (including phenoxy) is 2. The van der Waals surface area contributed by atoms with Crippen LogP contribution in [-0.2, 0) is 9.53 Å². The Morgan fingerprint density at radius 2 is 1.83 bits per heavy atom. The van der Waals surface area contributed by atoms with Crippen molar-refractivity contribution in [2.45, 2.75) is 65.4 Å². The number of carbonyl (C=O) groups is 1. The van der Waals surface area contributed by atoms with Crippen molar-refractivity contribution >= 4 is 11.6 Å². The molecule has 1 amide bonds. The van der Waals surface area contributed by atoms with Crippen LogP contribution in [0.15, 0.2) is 24.3 Å². The highest BCUT2D eigenvalue weighted by molar-refractivity contribution is 5.97. The van der Waals surface area contributed by atoms with Crippen molar-refractivity contribution in [2.24, 2.45) is 11.8 Å². The molecule has 1 aromatic rings. The van der Waals surface area contributed by atoms with Crippen LogP contribution in [0.4, 0.5) is 5.69 Å². The average molecular weight is 405 g/mol. The first-order chi connectivity index (χ1) is 13.9. The number of nitrogens with zero attached hydrogens (tertiary/aromatic N) is 1. The third kappa shape index (κ3) is 7.63. The Morgan fingerprint density at radius 3 is 2.41 bits per heavy atom. The SMILES string of the molecule is CCCCC[C@](C)(OC)C(=O)Nc1ccc(OCCN2C[C@H](C)C[C@@H](C)C2)cc1. The van der Waals surface area contributed by atoms with Crippen molar-refractivity contribution in [3.05, 3.63) is 24.3 Å². The quantitative estimate of drug-likeness (QED) is 0.529. The first-order valence-corrected chi connectivity index (χ1v) is 11.2. The first kappa shape index (κ1) is 23.7. The van der Waals surface area contributed by atoms with E-state index in [9.17, 15) is 4.79 Å². The molecule has 0 aromatic heterocycles. The van der Waals surface area contributed by atoms with Gasteiger partial charge >= 0.3 is 0 Å². The van der Waals surface area contributed by atoms with Crippen molar-refractivity contribution in [2.75, 3.05) is 38.7 Å². The van der Waals surface area contributed by atoms with E-state index in [0.717, 1.165) is 68.6 Å². The van der Waals surface area contributed by atoms with Gasteiger partial charge in [-0.25, -0.2) is 0 Å². The number of benzene rings is 1. The number of unbranched alkanes of at least 4 members (excludes halogenated alkanes) is 2. The van der Waals surface area contributed by atoms with Crippen LogP contribution in [0.2, 0.25) is 0 Å². The zero-order valence-corrected chi connectivity index (χ0v) is 19.0. The van der Waals surface area contributed by atoms with E-state index in [0.29, 0.717) is 6.61 Å². The van der Waals surface area contributed by atoms with Gasteiger partial charge in [0, 0.05) is 32.4 Å². The van der Waals surface area contributed by atoms with Gasteiger partial charge in [0.1, 0.15) is 18.0 Å². The summed E-state index contributed by atoms with van der Waals surface area (Å²) in [5, 5.41) is 2.98. The summed E-state index contributed by atoms with van der Waals surface area (Å²) < 4.78 is 11.4. The highest BCUT2D eigenvalue weighted by Crippen LogP contribution is 2.23. The summed E-state index contributed by atoms with van der Waals surface area (Å²) in [7, 11) is 1.60. The molecule has 1 aliphatic heterocycles. The Morgan fingerprint density at radius 1 is 1.17 bits per heavy atom. The van der Waals surface area contributed by atoms with Crippen LogP contribution in [0.3, 0.4) is 0 Å². The first-order valence-electron chi connectivity index (χ1n) is 11.2. The second-order valence-electron chi connectivity index (χ2n) is 8.92. The Bertz CT molecular complexity index is 609. The van der Waals surface area contributed by atoms with Gasteiger partial charge in [0.15, 0.2) is 0 Å². The summed E-state index contributed by atoms with van der Waals surface area (Å²) in [5.74, 6) is 2.26. The highest BCUT2D eigenvalue weighted by atomic mass is 16.5. The molecular weight excluding hydrogens is 364 g/mol. The maximum absolute atomic E-state index is 12.7. The van der Waals surface area contributed by atoms with E-state index in [1.165, 1.54) is 6.42 Å². The van der Waals surface area contributed by atoms with E-state index in [-0.39, 0.29) is 5.91 Å². The molecule has 1 aromatic carbocycles. The molecule has 0 radical (unpaired) electrons. The molecule has 0 aliphatic carbocycles. The fourth-order valence-corrected chi connectivity index (χ4v) is 4.19. The predicted octanol–water partition coefficient (Wildman–Crippen LogP) is 4.97. The number of carbonyl (C=O) groups excluding carboxylic acids is 1. The lowest BCUT2D eigenvalue weighted by Crippen LogP contribution is -2.41. The Kier molecular flexibility index (Phi) is 9.44. The Balaban J connectivity index is 1.79. The summed E-state index contributed by atoms with van der Waals surface area (Å²) in [4.78, 5) is 15.2. The summed E-state index contributed by atoms with van der Waals surface area (Å²) >= 11 is 0. The van der Waals surface area contributed by atoms with Crippen LogP contribution < -0.4 is 10.1 Å². The minimum absolute atomic E-state index is 0.0990. The minimum atomic E-state index is -0.799. The summed E-state index contributed by atoms with van der Waals surface area (Å²) in [6.07, 6.45) is 5.26. The molecule has 1 heterocycles. The van der Waals surface area contributed by atoms with Crippen molar-refractivity contribution in [3.8, 4) is 5.75 Å². The molecule has 3 atom stereocenters. The van der Waals surface area contributed by atoms with Gasteiger partial charge in [-0.15, -0.1) is 0 Å². The minimum Gasteiger partial charge on any atom is -0.492 e. The fraction of sp³-hybridized carbons (Fsp3) is 0.708. The molecule has 0 unspecified atom stereocenters. The van der Waals surface area contributed by atoms with Crippen LogP contribution >= 0.6 is 0 Å². The van der Waals surface area contributed by atoms with Gasteiger partial charge in [0.2, 0.25) is 0 Å². The second-order valence-corrected chi connectivity index (χ2v) is 8.92. The molecule has 0 saturated carbocycles. The van der Waals surface area contributed by atoms with Gasteiger partial charge in [-0.1, -0.05) is 40.0 Å². The number of rotatable bonds is 11. The number of anilines is 1. The van der Waals surface area contributed by atoms with Crippen LogP contribution in [0, 0.1) is 11.8 Å². The molecule has 164 valence electrons. The largest absolute Gasteiger partial charge is 0.492 e. The number of amides is 1. The number of methoxy groups -OCH3 is 1. The molecular formula is C24H40N2O3. The van der Waals surface area contributed by atoms with E-state index in [2.05, 4.69) is 31.0 Å². The molecule has 1 N–H and O–H groups in total. The number of piperidine rings is 1. The molecule has 0 spiro atoms. The lowest BCUT2D eigenvalue weighted by molar-refractivity contribution is -0.136. The summed E-state index contributed by atoms with van der Waals surface area (Å²) in [5.41, 5.74) is -0.0349. The van der Waals surface area contributed by atoms with Crippen molar-refractivity contribution in [1.29, 1.82) is 0 Å². The van der Waals surface area contributed by atoms with Gasteiger partial charge in [-0.05, 0) is 55.9 Å². The maximum Gasteiger partial charge on any atom is 0.256 e. The van der Waals surface area contributed by atoms with Gasteiger partial charge in [-0.2, -0.15) is 0 Å². The Labute approximate surface area is 177 Å². The normalized spacial score (nSPS) is 22.1. The standard InChI is InChI=1S/C24H40N2O3/c1-6-7-8-13-24(4,28-5)23(27)25-21-9-11-22(12-10-21)29-15-14-26-17-19(2)16-20(3)18-26/h9-12,19-20H,6-8,13-18H2,1-5H3,(H,25,27)/t19-,20-,24+/m1/s1. The van der Waals surface area contributed by atoms with E-state index >= 15 is 0 Å². The predicted molar refractivity (Wildman–Crippen MR) is 120 cm³/mol. The van der Waals surface area contributed by atoms with E-state index in [1.807, 2.05) is 31.2 Å². The lowest BCUT2D eigenvalue weighted by Gasteiger charge is -2.34. The van der Waals surface area contributed by atoms with Gasteiger partial charge in [-0.3, -0.25) is 9.69 Å². The third-order valence-electron chi connectivity index (χ3n) is 5.92. The second kappa shape index (κ2) is 11.6. The fourth-order valence-electron chi connectivity index (χ4n) is 4.19. The van der Waals surface area contributed by atoms with Crippen molar-refractivity contribution < 1.29 is 14.3 Å². The van der Waals surface area contributed by atoms with Crippen LogP contribution in [0.25, 0.3) is 0 Å². The topological polar surface area (TPSA) is 50.8 Å². The van der Waals surface area contributed by atoms with E-state index < -0.39 is 5.60 Å². The summed E-state index contributed by atoms with van der Waals surface area (Å²) in [6, 6.07) is 7.61. The van der Waals surface area contributed by atoms with Crippen LogP contribution in [0.5, 0.6) is 5.75 Å². The van der Waals surface area contributed by atoms with E-state index in [1.54, 1.807) is 7.11 Å². The van der Waals surface area contributed by atoms with Gasteiger partial charge in [0.25, 0.3) is 5.91 Å². The third-order valence-corrected chi connectivity index (χ3v) is 5.92. The van der Waals surface area contributed by atoms with Crippen molar-refractivity contribution in [3.63, 3.8) is 0 Å². The van der Waals surface area contributed by atoms with Gasteiger partial charge < -0.3 is 14.8 Å². The molecule has 1 saturated heterocycles. The van der Waals surface area contributed by atoms with Crippen molar-refractivity contribution in [1.82, 2.24) is 4.90 Å². The number of hydrogen-bond donors (Lipinski definition) is 1. The number of hydrogen-bond acceptors (Lipinski definition) is 4. The molecule has 2 rings (SSSR count). The lowest BCUT2D eigenvalue weighted by atomic mass is 9.92. The zero-order valence-electron chi connectivity index (χ0n) is 19.0. The zero-order chi connectivity index (χ0) is 21.3. The molecule has 5 nitrogen and oxygen atoms in total. The number of nitrogens with one attached hydrogen (secondary N) is 1. The monoisotopic (exact) mass is 404 g/mol. The number of likely N-dealkylation sites (tertiary alicyclic amines) is 1. The molecule has 1 fully saturated rings.